The molecule has 1 N–H and O–H groups in total. The van der Waals surface area contributed by atoms with Gasteiger partial charge < -0.3 is 5.32 Å². The van der Waals surface area contributed by atoms with Crippen LogP contribution in [0.15, 0.2) is 94.7 Å². The van der Waals surface area contributed by atoms with Gasteiger partial charge in [0.25, 0.3) is 10.0 Å². The summed E-state index contributed by atoms with van der Waals surface area (Å²) < 4.78 is 28.5. The van der Waals surface area contributed by atoms with E-state index in [0.717, 1.165) is 12.8 Å². The van der Waals surface area contributed by atoms with Gasteiger partial charge in [-0.3, -0.25) is 9.10 Å². The van der Waals surface area contributed by atoms with Crippen molar-refractivity contribution in [2.45, 2.75) is 9.79 Å². The smallest absolute Gasteiger partial charge is 0.264 e. The molecule has 30 heavy (non-hydrogen) atoms. The van der Waals surface area contributed by atoms with E-state index in [1.165, 1.54) is 12.1 Å². The molecular weight excluding hydrogens is 531 g/mol. The number of carbonyl (C=O) groups is 1. The maximum absolute atomic E-state index is 13.2. The van der Waals surface area contributed by atoms with E-state index in [1.54, 1.807) is 42.1 Å². The van der Waals surface area contributed by atoms with Crippen LogP contribution in [-0.4, -0.2) is 33.2 Å². The van der Waals surface area contributed by atoms with Gasteiger partial charge in [0.05, 0.1) is 10.6 Å². The molecule has 0 fully saturated rings. The Labute approximate surface area is 195 Å². The fourth-order valence-electron chi connectivity index (χ4n) is 2.70. The van der Waals surface area contributed by atoms with Crippen molar-refractivity contribution in [2.24, 2.45) is 0 Å². The Balaban J connectivity index is 1.69. The normalized spacial score (nSPS) is 11.1. The largest absolute Gasteiger partial charge is 0.354 e. The number of nitrogens with one attached hydrogen (secondary N) is 1. The molecule has 3 rings (SSSR count). The number of nitrogens with zero attached hydrogens (tertiary/aromatic N) is 1. The van der Waals surface area contributed by atoms with Crippen LogP contribution in [0.5, 0.6) is 0 Å². The van der Waals surface area contributed by atoms with Gasteiger partial charge in [-0.25, -0.2) is 8.42 Å². The Bertz CT molecular complexity index is 1060. The van der Waals surface area contributed by atoms with E-state index in [9.17, 15) is 13.2 Å². The topological polar surface area (TPSA) is 66.5 Å². The van der Waals surface area contributed by atoms with Crippen molar-refractivity contribution in [3.8, 4) is 0 Å². The maximum atomic E-state index is 13.2. The zero-order valence-corrected chi connectivity index (χ0v) is 19.9. The average Bonchev–Trinajstić information content (AvgIpc) is 2.77. The van der Waals surface area contributed by atoms with Crippen LogP contribution in [0, 0.1) is 3.57 Å². The molecule has 5 nitrogen and oxygen atoms in total. The summed E-state index contributed by atoms with van der Waals surface area (Å²) in [7, 11) is -3.87. The van der Waals surface area contributed by atoms with Crippen molar-refractivity contribution < 1.29 is 13.2 Å². The van der Waals surface area contributed by atoms with Crippen LogP contribution in [0.4, 0.5) is 5.69 Å². The van der Waals surface area contributed by atoms with Gasteiger partial charge in [0.15, 0.2) is 0 Å². The first kappa shape index (κ1) is 22.6. The molecule has 0 atom stereocenters. The van der Waals surface area contributed by atoms with Crippen LogP contribution in [-0.2, 0) is 14.8 Å². The van der Waals surface area contributed by atoms with Crippen molar-refractivity contribution in [2.75, 3.05) is 23.1 Å². The maximum Gasteiger partial charge on any atom is 0.264 e. The Kier molecular flexibility index (Phi) is 8.17. The summed E-state index contributed by atoms with van der Waals surface area (Å²) in [5, 5.41) is 2.82. The number of hydrogen-bond donors (Lipinski definition) is 1. The van der Waals surface area contributed by atoms with Crippen LogP contribution in [0.25, 0.3) is 0 Å². The van der Waals surface area contributed by atoms with E-state index in [0.29, 0.717) is 18.0 Å². The zero-order chi connectivity index (χ0) is 21.4. The summed E-state index contributed by atoms with van der Waals surface area (Å²) in [6, 6.07) is 25.1. The number of anilines is 1. The summed E-state index contributed by atoms with van der Waals surface area (Å²) in [5.41, 5.74) is 0.452. The quantitative estimate of drug-likeness (QED) is 0.243. The Morgan fingerprint density at radius 3 is 2.13 bits per heavy atom. The number of sulfonamides is 1. The predicted octanol–water partition coefficient (Wildman–Crippen LogP) is 4.40. The first-order chi connectivity index (χ1) is 14.5. The second kappa shape index (κ2) is 10.8. The van der Waals surface area contributed by atoms with Crippen molar-refractivity contribution in [1.29, 1.82) is 0 Å². The van der Waals surface area contributed by atoms with Gasteiger partial charge in [-0.05, 0) is 71.1 Å². The molecule has 0 aromatic heterocycles. The molecule has 0 saturated carbocycles. The minimum atomic E-state index is -3.87. The fourth-order valence-corrected chi connectivity index (χ4v) is 5.30. The lowest BCUT2D eigenvalue weighted by molar-refractivity contribution is -0.119. The molecule has 0 radical (unpaired) electrons. The van der Waals surface area contributed by atoms with E-state index in [2.05, 4.69) is 27.9 Å². The van der Waals surface area contributed by atoms with E-state index in [4.69, 9.17) is 0 Å². The molecular formula is C22H21IN2O3S2. The fraction of sp³-hybridized carbons (Fsp3) is 0.136. The van der Waals surface area contributed by atoms with Crippen LogP contribution >= 0.6 is 34.4 Å². The average molecular weight is 552 g/mol. The molecule has 0 bridgehead atoms. The second-order valence-electron chi connectivity index (χ2n) is 6.31. The summed E-state index contributed by atoms with van der Waals surface area (Å²) in [5.74, 6) is 0.353. The van der Waals surface area contributed by atoms with Crippen LogP contribution in [0.1, 0.15) is 0 Å². The zero-order valence-electron chi connectivity index (χ0n) is 16.1. The standard InChI is InChI=1S/C22H21IN2O3S2/c23-18-11-13-19(14-12-18)25(30(27,28)21-9-5-2-6-10-21)17-22(26)24-15-16-29-20-7-3-1-4-8-20/h1-14H,15-17H2,(H,24,26). The lowest BCUT2D eigenvalue weighted by Crippen LogP contribution is -2.41. The SMILES string of the molecule is O=C(CN(c1ccc(I)cc1)S(=O)(=O)c1ccccc1)NCCSc1ccccc1. The van der Waals surface area contributed by atoms with Gasteiger partial charge in [-0.2, -0.15) is 0 Å². The van der Waals surface area contributed by atoms with Crippen molar-refractivity contribution in [3.05, 3.63) is 88.5 Å². The number of halogens is 1. The van der Waals surface area contributed by atoms with Gasteiger partial charge >= 0.3 is 0 Å². The number of benzene rings is 3. The lowest BCUT2D eigenvalue weighted by Gasteiger charge is -2.24. The first-order valence-electron chi connectivity index (χ1n) is 9.25. The summed E-state index contributed by atoms with van der Waals surface area (Å²) in [6.07, 6.45) is 0. The molecule has 3 aromatic rings. The summed E-state index contributed by atoms with van der Waals surface area (Å²) in [6.45, 7) is 0.165. The van der Waals surface area contributed by atoms with Crippen molar-refractivity contribution in [1.82, 2.24) is 5.32 Å². The molecule has 156 valence electrons. The molecule has 1 amide bonds. The Morgan fingerprint density at radius 2 is 1.50 bits per heavy atom. The highest BCUT2D eigenvalue weighted by Crippen LogP contribution is 2.24. The number of rotatable bonds is 9. The van der Waals surface area contributed by atoms with Crippen LogP contribution in [0.3, 0.4) is 0 Å². The molecule has 0 heterocycles. The molecule has 0 unspecified atom stereocenters. The van der Waals surface area contributed by atoms with Gasteiger partial charge in [0, 0.05) is 20.8 Å². The molecule has 0 aliphatic rings. The van der Waals surface area contributed by atoms with E-state index >= 15 is 0 Å². The summed E-state index contributed by atoms with van der Waals surface area (Å²) >= 11 is 3.79. The third-order valence-electron chi connectivity index (χ3n) is 4.17. The molecule has 8 heteroatoms. The lowest BCUT2D eigenvalue weighted by atomic mass is 10.3. The molecule has 0 aliphatic carbocycles. The van der Waals surface area contributed by atoms with Crippen molar-refractivity contribution in [3.63, 3.8) is 0 Å². The number of carbonyl (C=O) groups excluding carboxylic acids is 1. The van der Waals surface area contributed by atoms with E-state index in [1.807, 2.05) is 42.5 Å². The number of hydrogen-bond acceptors (Lipinski definition) is 4. The van der Waals surface area contributed by atoms with Crippen molar-refractivity contribution >= 4 is 56.0 Å². The van der Waals surface area contributed by atoms with Crippen LogP contribution in [0.2, 0.25) is 0 Å². The number of thioether (sulfide) groups is 1. The van der Waals surface area contributed by atoms with E-state index in [-0.39, 0.29) is 17.3 Å². The van der Waals surface area contributed by atoms with Gasteiger partial charge in [0.2, 0.25) is 5.91 Å². The highest BCUT2D eigenvalue weighted by molar-refractivity contribution is 14.1. The predicted molar refractivity (Wildman–Crippen MR) is 130 cm³/mol. The molecule has 0 saturated heterocycles. The molecule has 0 aliphatic heterocycles. The first-order valence-corrected chi connectivity index (χ1v) is 12.8. The third-order valence-corrected chi connectivity index (χ3v) is 7.69. The highest BCUT2D eigenvalue weighted by Gasteiger charge is 2.26. The van der Waals surface area contributed by atoms with Crippen LogP contribution < -0.4 is 9.62 Å². The minimum absolute atomic E-state index is 0.149. The van der Waals surface area contributed by atoms with E-state index < -0.39 is 10.0 Å². The summed E-state index contributed by atoms with van der Waals surface area (Å²) in [4.78, 5) is 13.8. The monoisotopic (exact) mass is 552 g/mol. The second-order valence-corrected chi connectivity index (χ2v) is 10.6. The molecule has 0 spiro atoms. The molecule has 3 aromatic carbocycles. The third kappa shape index (κ3) is 6.23. The Hall–Kier alpha value is -2.04. The minimum Gasteiger partial charge on any atom is -0.354 e. The van der Waals surface area contributed by atoms with Gasteiger partial charge in [0.1, 0.15) is 6.54 Å². The Morgan fingerprint density at radius 1 is 0.900 bits per heavy atom. The number of amides is 1. The van der Waals surface area contributed by atoms with Gasteiger partial charge in [-0.15, -0.1) is 11.8 Å². The highest BCUT2D eigenvalue weighted by atomic mass is 127. The van der Waals surface area contributed by atoms with Gasteiger partial charge in [-0.1, -0.05) is 36.4 Å².